The van der Waals surface area contributed by atoms with E-state index in [2.05, 4.69) is 0 Å². The van der Waals surface area contributed by atoms with Crippen LogP contribution in [0.1, 0.15) is 46.6 Å². The molecule has 0 fully saturated rings. The first kappa shape index (κ1) is 15.5. The Labute approximate surface area is 126 Å². The normalized spacial score (nSPS) is 16.8. The standard InChI is InChI=1S/C17H23NO3/c1-16(2,3)21-14(19)10-11-18-13-9-7-6-8-12(13)17(4,5)15(18)20/h6-9H,10-11H2,1-5H3. The summed E-state index contributed by atoms with van der Waals surface area (Å²) in [4.78, 5) is 26.1. The molecule has 0 unspecified atom stereocenters. The van der Waals surface area contributed by atoms with Crippen LogP contribution in [0.3, 0.4) is 0 Å². The highest BCUT2D eigenvalue weighted by molar-refractivity contribution is 6.07. The lowest BCUT2D eigenvalue weighted by Gasteiger charge is -2.22. The first-order chi connectivity index (χ1) is 9.63. The fraction of sp³-hybridized carbons (Fsp3) is 0.529. The van der Waals surface area contributed by atoms with Crippen LogP contribution in [0.2, 0.25) is 0 Å². The van der Waals surface area contributed by atoms with E-state index in [1.807, 2.05) is 58.9 Å². The average Bonchev–Trinajstić information content (AvgIpc) is 2.55. The Morgan fingerprint density at radius 1 is 1.24 bits per heavy atom. The Kier molecular flexibility index (Phi) is 3.83. The number of nitrogens with zero attached hydrogens (tertiary/aromatic N) is 1. The van der Waals surface area contributed by atoms with Crippen LogP contribution in [-0.4, -0.2) is 24.0 Å². The Balaban J connectivity index is 2.12. The number of amides is 1. The minimum absolute atomic E-state index is 0.0345. The van der Waals surface area contributed by atoms with E-state index in [-0.39, 0.29) is 18.3 Å². The molecule has 114 valence electrons. The Morgan fingerprint density at radius 3 is 2.48 bits per heavy atom. The molecule has 4 heteroatoms. The summed E-state index contributed by atoms with van der Waals surface area (Å²) >= 11 is 0. The van der Waals surface area contributed by atoms with Gasteiger partial charge < -0.3 is 9.64 Å². The zero-order chi connectivity index (χ0) is 15.8. The molecule has 0 saturated heterocycles. The van der Waals surface area contributed by atoms with Gasteiger partial charge in [-0.1, -0.05) is 18.2 Å². The monoisotopic (exact) mass is 289 g/mol. The third kappa shape index (κ3) is 3.09. The number of benzene rings is 1. The maximum Gasteiger partial charge on any atom is 0.308 e. The van der Waals surface area contributed by atoms with Crippen molar-refractivity contribution in [3.8, 4) is 0 Å². The van der Waals surface area contributed by atoms with Crippen LogP contribution in [0, 0.1) is 0 Å². The molecular formula is C17H23NO3. The summed E-state index contributed by atoms with van der Waals surface area (Å²) in [6.07, 6.45) is 0.202. The Morgan fingerprint density at radius 2 is 1.86 bits per heavy atom. The lowest BCUT2D eigenvalue weighted by Crippen LogP contribution is -2.38. The van der Waals surface area contributed by atoms with Gasteiger partial charge >= 0.3 is 5.97 Å². The van der Waals surface area contributed by atoms with Crippen LogP contribution in [0.5, 0.6) is 0 Å². The number of anilines is 1. The second-order valence-corrected chi connectivity index (χ2v) is 6.94. The Hall–Kier alpha value is -1.84. The number of hydrogen-bond acceptors (Lipinski definition) is 3. The molecule has 0 spiro atoms. The second-order valence-electron chi connectivity index (χ2n) is 6.94. The molecule has 0 bridgehead atoms. The Bertz CT molecular complexity index is 570. The van der Waals surface area contributed by atoms with Crippen LogP contribution in [0.15, 0.2) is 24.3 Å². The average molecular weight is 289 g/mol. The molecule has 0 atom stereocenters. The zero-order valence-electron chi connectivity index (χ0n) is 13.4. The highest BCUT2D eigenvalue weighted by Gasteiger charge is 2.43. The predicted octanol–water partition coefficient (Wildman–Crippen LogP) is 3.04. The lowest BCUT2D eigenvalue weighted by atomic mass is 9.86. The van der Waals surface area contributed by atoms with Crippen LogP contribution in [0.25, 0.3) is 0 Å². The minimum atomic E-state index is -0.537. The van der Waals surface area contributed by atoms with Gasteiger partial charge in [0, 0.05) is 12.2 Å². The second kappa shape index (κ2) is 5.17. The van der Waals surface area contributed by atoms with Gasteiger partial charge in [0.05, 0.1) is 11.8 Å². The first-order valence-corrected chi connectivity index (χ1v) is 7.26. The molecule has 4 nitrogen and oxygen atoms in total. The van der Waals surface area contributed by atoms with Crippen molar-refractivity contribution in [1.29, 1.82) is 0 Å². The number of fused-ring (bicyclic) bond motifs is 1. The highest BCUT2D eigenvalue weighted by atomic mass is 16.6. The molecule has 0 aliphatic carbocycles. The van der Waals surface area contributed by atoms with Gasteiger partial charge in [0.25, 0.3) is 0 Å². The fourth-order valence-electron chi connectivity index (χ4n) is 2.62. The highest BCUT2D eigenvalue weighted by Crippen LogP contribution is 2.41. The maximum absolute atomic E-state index is 12.6. The van der Waals surface area contributed by atoms with Gasteiger partial charge in [-0.2, -0.15) is 0 Å². The molecule has 1 aromatic carbocycles. The van der Waals surface area contributed by atoms with Gasteiger partial charge in [0.2, 0.25) is 5.91 Å². The summed E-state index contributed by atoms with van der Waals surface area (Å²) < 4.78 is 5.30. The van der Waals surface area contributed by atoms with E-state index in [1.165, 1.54) is 0 Å². The van der Waals surface area contributed by atoms with Gasteiger partial charge in [0.15, 0.2) is 0 Å². The lowest BCUT2D eigenvalue weighted by molar-refractivity contribution is -0.154. The topological polar surface area (TPSA) is 46.6 Å². The van der Waals surface area contributed by atoms with Gasteiger partial charge in [-0.05, 0) is 46.2 Å². The molecule has 1 aromatic rings. The smallest absolute Gasteiger partial charge is 0.308 e. The number of carbonyl (C=O) groups is 2. The molecule has 0 radical (unpaired) electrons. The van der Waals surface area contributed by atoms with Crippen molar-refractivity contribution in [1.82, 2.24) is 0 Å². The van der Waals surface area contributed by atoms with Crippen molar-refractivity contribution >= 4 is 17.6 Å². The fourth-order valence-corrected chi connectivity index (χ4v) is 2.62. The molecule has 1 amide bonds. The molecule has 1 heterocycles. The quantitative estimate of drug-likeness (QED) is 0.803. The summed E-state index contributed by atoms with van der Waals surface area (Å²) in [7, 11) is 0. The van der Waals surface area contributed by atoms with Crippen molar-refractivity contribution < 1.29 is 14.3 Å². The van der Waals surface area contributed by atoms with E-state index in [1.54, 1.807) is 4.90 Å². The summed E-state index contributed by atoms with van der Waals surface area (Å²) in [6.45, 7) is 9.70. The van der Waals surface area contributed by atoms with E-state index >= 15 is 0 Å². The molecule has 0 aromatic heterocycles. The predicted molar refractivity (Wildman–Crippen MR) is 82.3 cm³/mol. The largest absolute Gasteiger partial charge is 0.460 e. The summed E-state index contributed by atoms with van der Waals surface area (Å²) in [5, 5.41) is 0. The van der Waals surface area contributed by atoms with E-state index in [0.717, 1.165) is 11.3 Å². The van der Waals surface area contributed by atoms with Gasteiger partial charge in [0.1, 0.15) is 5.60 Å². The first-order valence-electron chi connectivity index (χ1n) is 7.26. The van der Waals surface area contributed by atoms with Crippen LogP contribution in [0.4, 0.5) is 5.69 Å². The number of carbonyl (C=O) groups excluding carboxylic acids is 2. The molecule has 1 aliphatic rings. The zero-order valence-corrected chi connectivity index (χ0v) is 13.4. The maximum atomic E-state index is 12.6. The van der Waals surface area contributed by atoms with E-state index in [4.69, 9.17) is 4.74 Å². The van der Waals surface area contributed by atoms with Crippen molar-refractivity contribution in [2.75, 3.05) is 11.4 Å². The number of esters is 1. The number of rotatable bonds is 3. The van der Waals surface area contributed by atoms with Crippen molar-refractivity contribution in [2.45, 2.75) is 52.1 Å². The van der Waals surface area contributed by atoms with Gasteiger partial charge in [-0.3, -0.25) is 9.59 Å². The number of hydrogen-bond donors (Lipinski definition) is 0. The van der Waals surface area contributed by atoms with Crippen LogP contribution >= 0.6 is 0 Å². The van der Waals surface area contributed by atoms with Crippen molar-refractivity contribution in [2.24, 2.45) is 0 Å². The summed E-state index contributed by atoms with van der Waals surface area (Å²) in [5.41, 5.74) is 0.878. The molecule has 0 saturated carbocycles. The molecule has 0 N–H and O–H groups in total. The SMILES string of the molecule is CC(C)(C)OC(=O)CCN1C(=O)C(C)(C)c2ccccc21. The summed E-state index contributed by atoms with van der Waals surface area (Å²) in [6, 6.07) is 7.75. The summed E-state index contributed by atoms with van der Waals surface area (Å²) in [5.74, 6) is -0.246. The van der Waals surface area contributed by atoms with Crippen molar-refractivity contribution in [3.63, 3.8) is 0 Å². The van der Waals surface area contributed by atoms with Crippen LogP contribution < -0.4 is 4.90 Å². The van der Waals surface area contributed by atoms with E-state index in [9.17, 15) is 9.59 Å². The van der Waals surface area contributed by atoms with Crippen LogP contribution in [-0.2, 0) is 19.7 Å². The van der Waals surface area contributed by atoms with Gasteiger partial charge in [-0.15, -0.1) is 0 Å². The van der Waals surface area contributed by atoms with E-state index < -0.39 is 11.0 Å². The molecule has 2 rings (SSSR count). The third-order valence-corrected chi connectivity index (χ3v) is 3.61. The third-order valence-electron chi connectivity index (χ3n) is 3.61. The van der Waals surface area contributed by atoms with E-state index in [0.29, 0.717) is 6.54 Å². The number of para-hydroxylation sites is 1. The number of ether oxygens (including phenoxy) is 1. The molecule has 21 heavy (non-hydrogen) atoms. The molecular weight excluding hydrogens is 266 g/mol. The van der Waals surface area contributed by atoms with Gasteiger partial charge in [-0.25, -0.2) is 0 Å². The van der Waals surface area contributed by atoms with Crippen molar-refractivity contribution in [3.05, 3.63) is 29.8 Å². The molecule has 1 aliphatic heterocycles. The minimum Gasteiger partial charge on any atom is -0.460 e.